The van der Waals surface area contributed by atoms with E-state index in [-0.39, 0.29) is 11.4 Å². The Kier molecular flexibility index (Phi) is 3.40. The zero-order valence-corrected chi connectivity index (χ0v) is 11.5. The van der Waals surface area contributed by atoms with Crippen molar-refractivity contribution in [2.75, 3.05) is 13.1 Å². The first kappa shape index (κ1) is 13.1. The van der Waals surface area contributed by atoms with Crippen LogP contribution in [0.2, 0.25) is 0 Å². The number of hydrogen-bond donors (Lipinski definition) is 0. The van der Waals surface area contributed by atoms with Gasteiger partial charge in [0.25, 0.3) is 5.56 Å². The van der Waals surface area contributed by atoms with E-state index in [1.165, 1.54) is 0 Å². The van der Waals surface area contributed by atoms with Crippen molar-refractivity contribution >= 4 is 10.9 Å². The first-order valence-electron chi connectivity index (χ1n) is 6.79. The summed E-state index contributed by atoms with van der Waals surface area (Å²) >= 11 is 0. The number of fused-ring (bicyclic) bond motifs is 1. The number of aromatic nitrogens is 1. The van der Waals surface area contributed by atoms with E-state index in [1.54, 1.807) is 17.7 Å². The molecule has 0 unspecified atom stereocenters. The van der Waals surface area contributed by atoms with Gasteiger partial charge in [-0.15, -0.1) is 0 Å². The van der Waals surface area contributed by atoms with Crippen LogP contribution in [0.25, 0.3) is 10.9 Å². The van der Waals surface area contributed by atoms with Gasteiger partial charge in [0.05, 0.1) is 12.1 Å². The maximum Gasteiger partial charge on any atom is 0.255 e. The van der Waals surface area contributed by atoms with Gasteiger partial charge in [0, 0.05) is 25.7 Å². The van der Waals surface area contributed by atoms with Crippen LogP contribution >= 0.6 is 0 Å². The lowest BCUT2D eigenvalue weighted by Crippen LogP contribution is -2.32. The van der Waals surface area contributed by atoms with Gasteiger partial charge >= 0.3 is 0 Å². The van der Waals surface area contributed by atoms with E-state index < -0.39 is 0 Å². The number of benzene rings is 1. The molecule has 3 rings (SSSR count). The SMILES string of the molecule is Cn1c(=O)c(CN2CCC=C(F)C2)cc2ccccc21. The molecule has 0 N–H and O–H groups in total. The van der Waals surface area contributed by atoms with E-state index in [9.17, 15) is 9.18 Å². The predicted octanol–water partition coefficient (Wildman–Crippen LogP) is 2.60. The smallest absolute Gasteiger partial charge is 0.255 e. The molecule has 3 nitrogen and oxygen atoms in total. The summed E-state index contributed by atoms with van der Waals surface area (Å²) in [5, 5.41) is 1.04. The van der Waals surface area contributed by atoms with Crippen molar-refractivity contribution in [2.24, 2.45) is 7.05 Å². The maximum absolute atomic E-state index is 13.3. The summed E-state index contributed by atoms with van der Waals surface area (Å²) in [6.07, 6.45) is 2.33. The van der Waals surface area contributed by atoms with E-state index >= 15 is 0 Å². The van der Waals surface area contributed by atoms with E-state index in [0.717, 1.165) is 23.0 Å². The minimum absolute atomic E-state index is 0.00124. The molecule has 0 saturated heterocycles. The number of rotatable bonds is 2. The molecule has 1 aromatic carbocycles. The van der Waals surface area contributed by atoms with E-state index in [2.05, 4.69) is 0 Å². The highest BCUT2D eigenvalue weighted by Gasteiger charge is 2.15. The first-order chi connectivity index (χ1) is 9.65. The van der Waals surface area contributed by atoms with E-state index in [0.29, 0.717) is 19.5 Å². The topological polar surface area (TPSA) is 25.2 Å². The lowest BCUT2D eigenvalue weighted by atomic mass is 10.1. The summed E-state index contributed by atoms with van der Waals surface area (Å²) in [5.74, 6) is -0.103. The molecule has 2 heterocycles. The number of para-hydroxylation sites is 1. The summed E-state index contributed by atoms with van der Waals surface area (Å²) in [6.45, 7) is 1.60. The molecule has 1 aromatic heterocycles. The lowest BCUT2D eigenvalue weighted by molar-refractivity contribution is 0.258. The molecule has 2 aromatic rings. The normalized spacial score (nSPS) is 16.4. The summed E-state index contributed by atoms with van der Waals surface area (Å²) in [7, 11) is 1.78. The van der Waals surface area contributed by atoms with Crippen molar-refractivity contribution in [3.05, 3.63) is 58.2 Å². The molecule has 20 heavy (non-hydrogen) atoms. The highest BCUT2D eigenvalue weighted by molar-refractivity contribution is 5.79. The fourth-order valence-corrected chi connectivity index (χ4v) is 2.74. The summed E-state index contributed by atoms with van der Waals surface area (Å²) < 4.78 is 15.0. The minimum atomic E-state index is -0.103. The Morgan fingerprint density at radius 2 is 2.10 bits per heavy atom. The zero-order chi connectivity index (χ0) is 14.1. The summed E-state index contributed by atoms with van der Waals surface area (Å²) in [4.78, 5) is 14.3. The minimum Gasteiger partial charge on any atom is -0.311 e. The monoisotopic (exact) mass is 272 g/mol. The molecule has 104 valence electrons. The van der Waals surface area contributed by atoms with Crippen molar-refractivity contribution in [1.29, 1.82) is 0 Å². The van der Waals surface area contributed by atoms with Crippen molar-refractivity contribution in [3.8, 4) is 0 Å². The van der Waals surface area contributed by atoms with Gasteiger partial charge in [-0.2, -0.15) is 0 Å². The molecule has 0 aliphatic carbocycles. The predicted molar refractivity (Wildman–Crippen MR) is 78.3 cm³/mol. The van der Waals surface area contributed by atoms with Crippen molar-refractivity contribution < 1.29 is 4.39 Å². The van der Waals surface area contributed by atoms with Crippen LogP contribution in [0.3, 0.4) is 0 Å². The van der Waals surface area contributed by atoms with Crippen molar-refractivity contribution in [2.45, 2.75) is 13.0 Å². The van der Waals surface area contributed by atoms with Gasteiger partial charge in [0.2, 0.25) is 0 Å². The van der Waals surface area contributed by atoms with Gasteiger partial charge in [0.15, 0.2) is 0 Å². The third-order valence-corrected chi connectivity index (χ3v) is 3.79. The van der Waals surface area contributed by atoms with E-state index in [1.807, 2.05) is 35.2 Å². The lowest BCUT2D eigenvalue weighted by Gasteiger charge is -2.24. The molecule has 0 saturated carbocycles. The molecular weight excluding hydrogens is 255 g/mol. The van der Waals surface area contributed by atoms with Crippen LogP contribution in [0, 0.1) is 0 Å². The first-order valence-corrected chi connectivity index (χ1v) is 6.79. The van der Waals surface area contributed by atoms with Crippen LogP contribution < -0.4 is 5.56 Å². The average molecular weight is 272 g/mol. The molecule has 4 heteroatoms. The molecule has 0 fully saturated rings. The fraction of sp³-hybridized carbons (Fsp3) is 0.312. The number of aryl methyl sites for hydroxylation is 1. The van der Waals surface area contributed by atoms with Gasteiger partial charge in [-0.25, -0.2) is 4.39 Å². The molecule has 0 bridgehead atoms. The standard InChI is InChI=1S/C16H17FN2O/c1-18-15-7-3-2-5-12(15)9-13(16(18)20)10-19-8-4-6-14(17)11-19/h2-3,5-7,9H,4,8,10-11H2,1H3. The Morgan fingerprint density at radius 1 is 1.30 bits per heavy atom. The summed E-state index contributed by atoms with van der Waals surface area (Å²) in [6, 6.07) is 9.73. The molecule has 0 atom stereocenters. The van der Waals surface area contributed by atoms with Gasteiger partial charge in [-0.3, -0.25) is 9.69 Å². The van der Waals surface area contributed by atoms with Crippen molar-refractivity contribution in [3.63, 3.8) is 0 Å². The van der Waals surface area contributed by atoms with Gasteiger partial charge < -0.3 is 4.57 Å². The maximum atomic E-state index is 13.3. The second-order valence-electron chi connectivity index (χ2n) is 5.24. The molecule has 1 aliphatic rings. The van der Waals surface area contributed by atoms with Crippen LogP contribution in [0.5, 0.6) is 0 Å². The fourth-order valence-electron chi connectivity index (χ4n) is 2.74. The number of hydrogen-bond acceptors (Lipinski definition) is 2. The second-order valence-corrected chi connectivity index (χ2v) is 5.24. The van der Waals surface area contributed by atoms with Gasteiger partial charge in [-0.05, 0) is 23.9 Å². The molecule has 0 amide bonds. The Balaban J connectivity index is 1.98. The van der Waals surface area contributed by atoms with Gasteiger partial charge in [0.1, 0.15) is 5.83 Å². The Morgan fingerprint density at radius 3 is 2.90 bits per heavy atom. The summed E-state index contributed by atoms with van der Waals surface area (Å²) in [5.41, 5.74) is 1.64. The third-order valence-electron chi connectivity index (χ3n) is 3.79. The Hall–Kier alpha value is -1.94. The highest BCUT2D eigenvalue weighted by Crippen LogP contribution is 2.16. The van der Waals surface area contributed by atoms with Crippen LogP contribution in [-0.2, 0) is 13.6 Å². The number of halogens is 1. The highest BCUT2D eigenvalue weighted by atomic mass is 19.1. The average Bonchev–Trinajstić information content (AvgIpc) is 2.45. The van der Waals surface area contributed by atoms with Gasteiger partial charge in [-0.1, -0.05) is 24.3 Å². The molecular formula is C16H17FN2O. The van der Waals surface area contributed by atoms with Crippen LogP contribution in [0.4, 0.5) is 4.39 Å². The number of pyridine rings is 1. The Labute approximate surface area is 116 Å². The van der Waals surface area contributed by atoms with Crippen LogP contribution in [0.1, 0.15) is 12.0 Å². The Bertz CT molecular complexity index is 733. The third kappa shape index (κ3) is 2.39. The molecule has 1 aliphatic heterocycles. The zero-order valence-electron chi connectivity index (χ0n) is 11.5. The van der Waals surface area contributed by atoms with Crippen molar-refractivity contribution in [1.82, 2.24) is 9.47 Å². The molecule has 0 spiro atoms. The largest absolute Gasteiger partial charge is 0.311 e. The van der Waals surface area contributed by atoms with Crippen LogP contribution in [0.15, 0.2) is 47.0 Å². The number of nitrogens with zero attached hydrogens (tertiary/aromatic N) is 2. The quantitative estimate of drug-likeness (QED) is 0.839. The second kappa shape index (κ2) is 5.21. The van der Waals surface area contributed by atoms with Crippen LogP contribution in [-0.4, -0.2) is 22.6 Å². The van der Waals surface area contributed by atoms with E-state index in [4.69, 9.17) is 0 Å². The molecule has 0 radical (unpaired) electrons.